The van der Waals surface area contributed by atoms with Crippen molar-refractivity contribution in [3.8, 4) is 11.5 Å². The van der Waals surface area contributed by atoms with Gasteiger partial charge in [-0.05, 0) is 26.0 Å². The summed E-state index contributed by atoms with van der Waals surface area (Å²) in [6.45, 7) is 4.46. The number of aromatic nitrogens is 2. The molecule has 1 atom stereocenters. The minimum Gasteiger partial charge on any atom is -0.493 e. The fourth-order valence-corrected chi connectivity index (χ4v) is 3.35. The minimum atomic E-state index is -0.0783. The predicted molar refractivity (Wildman–Crippen MR) is 91.8 cm³/mol. The molecule has 1 saturated heterocycles. The van der Waals surface area contributed by atoms with Gasteiger partial charge in [0, 0.05) is 30.6 Å². The fraction of sp³-hybridized carbons (Fsp3) is 0.444. The standard InChI is InChI=1S/C18H23N3O3/c1-12-19-15(9-17(22)20-12)13-7-8-21(10-13)11-14-5-4-6-16(23-2)18(14)24-3/h4-6,9,13H,7-8,10-11H2,1-3H3,(H,19,20,22)/t13-/m0/s1. The third kappa shape index (κ3) is 3.43. The molecule has 1 N–H and O–H groups in total. The third-order valence-electron chi connectivity index (χ3n) is 4.45. The molecule has 2 aromatic rings. The molecule has 1 fully saturated rings. The van der Waals surface area contributed by atoms with Gasteiger partial charge in [-0.2, -0.15) is 0 Å². The maximum Gasteiger partial charge on any atom is 0.251 e. The minimum absolute atomic E-state index is 0.0783. The number of methoxy groups -OCH3 is 2. The lowest BCUT2D eigenvalue weighted by Gasteiger charge is -2.19. The van der Waals surface area contributed by atoms with Crippen molar-refractivity contribution < 1.29 is 9.47 Å². The third-order valence-corrected chi connectivity index (χ3v) is 4.45. The molecule has 24 heavy (non-hydrogen) atoms. The first-order valence-corrected chi connectivity index (χ1v) is 8.10. The zero-order chi connectivity index (χ0) is 17.1. The van der Waals surface area contributed by atoms with E-state index in [1.54, 1.807) is 20.3 Å². The Morgan fingerprint density at radius 1 is 1.33 bits per heavy atom. The summed E-state index contributed by atoms with van der Waals surface area (Å²) in [6, 6.07) is 7.56. The van der Waals surface area contributed by atoms with E-state index in [1.807, 2.05) is 19.1 Å². The van der Waals surface area contributed by atoms with Gasteiger partial charge in [-0.15, -0.1) is 0 Å². The van der Waals surface area contributed by atoms with E-state index >= 15 is 0 Å². The Morgan fingerprint density at radius 3 is 2.88 bits per heavy atom. The van der Waals surface area contributed by atoms with Crippen molar-refractivity contribution in [3.63, 3.8) is 0 Å². The average molecular weight is 329 g/mol. The fourth-order valence-electron chi connectivity index (χ4n) is 3.35. The van der Waals surface area contributed by atoms with Gasteiger partial charge in [-0.3, -0.25) is 9.69 Å². The molecule has 1 aromatic carbocycles. The number of hydrogen-bond acceptors (Lipinski definition) is 5. The second-order valence-electron chi connectivity index (χ2n) is 6.13. The number of likely N-dealkylation sites (tertiary alicyclic amines) is 1. The summed E-state index contributed by atoms with van der Waals surface area (Å²) in [7, 11) is 3.31. The number of H-pyrrole nitrogens is 1. The van der Waals surface area contributed by atoms with Crippen molar-refractivity contribution in [3.05, 3.63) is 51.7 Å². The average Bonchev–Trinajstić information content (AvgIpc) is 3.02. The number of aromatic amines is 1. The van der Waals surface area contributed by atoms with Gasteiger partial charge in [0.1, 0.15) is 5.82 Å². The van der Waals surface area contributed by atoms with Crippen LogP contribution in [0.15, 0.2) is 29.1 Å². The SMILES string of the molecule is COc1cccc(CN2CC[C@H](c3cc(=O)[nH]c(C)n3)C2)c1OC. The molecule has 1 aromatic heterocycles. The highest BCUT2D eigenvalue weighted by molar-refractivity contribution is 5.46. The van der Waals surface area contributed by atoms with Crippen molar-refractivity contribution in [2.45, 2.75) is 25.8 Å². The highest BCUT2D eigenvalue weighted by atomic mass is 16.5. The first-order chi connectivity index (χ1) is 11.6. The second kappa shape index (κ2) is 7.05. The second-order valence-corrected chi connectivity index (χ2v) is 6.13. The van der Waals surface area contributed by atoms with Crippen molar-refractivity contribution >= 4 is 0 Å². The van der Waals surface area contributed by atoms with Crippen LogP contribution in [-0.2, 0) is 6.54 Å². The molecule has 1 aliphatic rings. The monoisotopic (exact) mass is 329 g/mol. The van der Waals surface area contributed by atoms with Gasteiger partial charge in [0.05, 0.1) is 19.9 Å². The molecular weight excluding hydrogens is 306 g/mol. The molecule has 0 spiro atoms. The molecule has 3 rings (SSSR count). The number of para-hydroxylation sites is 1. The number of ether oxygens (including phenoxy) is 2. The number of rotatable bonds is 5. The maximum absolute atomic E-state index is 11.7. The van der Waals surface area contributed by atoms with Gasteiger partial charge in [0.2, 0.25) is 0 Å². The number of benzene rings is 1. The Labute approximate surface area is 141 Å². The number of aryl methyl sites for hydroxylation is 1. The van der Waals surface area contributed by atoms with E-state index in [2.05, 4.69) is 20.9 Å². The van der Waals surface area contributed by atoms with Gasteiger partial charge < -0.3 is 14.5 Å². The zero-order valence-corrected chi connectivity index (χ0v) is 14.3. The summed E-state index contributed by atoms with van der Waals surface area (Å²) in [5.74, 6) is 2.50. The lowest BCUT2D eigenvalue weighted by molar-refractivity contribution is 0.308. The normalized spacial score (nSPS) is 17.9. The van der Waals surface area contributed by atoms with Crippen molar-refractivity contribution in [2.24, 2.45) is 0 Å². The van der Waals surface area contributed by atoms with Crippen LogP contribution < -0.4 is 15.0 Å². The molecule has 1 aliphatic heterocycles. The van der Waals surface area contributed by atoms with Crippen molar-refractivity contribution in [2.75, 3.05) is 27.3 Å². The van der Waals surface area contributed by atoms with Crippen LogP contribution in [0.4, 0.5) is 0 Å². The van der Waals surface area contributed by atoms with Gasteiger partial charge in [0.25, 0.3) is 5.56 Å². The Morgan fingerprint density at radius 2 is 2.17 bits per heavy atom. The largest absolute Gasteiger partial charge is 0.493 e. The van der Waals surface area contributed by atoms with Crippen LogP contribution in [0.25, 0.3) is 0 Å². The smallest absolute Gasteiger partial charge is 0.251 e. The van der Waals surface area contributed by atoms with Crippen molar-refractivity contribution in [1.82, 2.24) is 14.9 Å². The summed E-state index contributed by atoms with van der Waals surface area (Å²) in [4.78, 5) is 21.2. The Kier molecular flexibility index (Phi) is 4.85. The molecule has 0 amide bonds. The number of nitrogens with one attached hydrogen (secondary N) is 1. The summed E-state index contributed by atoms with van der Waals surface area (Å²) >= 11 is 0. The van der Waals surface area contributed by atoms with Crippen LogP contribution in [0.3, 0.4) is 0 Å². The summed E-state index contributed by atoms with van der Waals surface area (Å²) < 4.78 is 10.9. The lowest BCUT2D eigenvalue weighted by atomic mass is 10.0. The van der Waals surface area contributed by atoms with Gasteiger partial charge >= 0.3 is 0 Å². The van der Waals surface area contributed by atoms with E-state index in [4.69, 9.17) is 9.47 Å². The van der Waals surface area contributed by atoms with Crippen LogP contribution >= 0.6 is 0 Å². The highest BCUT2D eigenvalue weighted by Gasteiger charge is 2.26. The molecule has 6 heteroatoms. The van der Waals surface area contributed by atoms with E-state index in [9.17, 15) is 4.79 Å². The number of nitrogens with zero attached hydrogens (tertiary/aromatic N) is 2. The van der Waals surface area contributed by atoms with Gasteiger partial charge in [-0.25, -0.2) is 4.98 Å². The molecule has 128 valence electrons. The Hall–Kier alpha value is -2.34. The first kappa shape index (κ1) is 16.5. The summed E-state index contributed by atoms with van der Waals surface area (Å²) in [6.07, 6.45) is 1.00. The zero-order valence-electron chi connectivity index (χ0n) is 14.3. The van der Waals surface area contributed by atoms with Crippen LogP contribution in [-0.4, -0.2) is 42.2 Å². The molecular formula is C18H23N3O3. The van der Waals surface area contributed by atoms with Crippen LogP contribution in [0.2, 0.25) is 0 Å². The van der Waals surface area contributed by atoms with Gasteiger partial charge in [-0.1, -0.05) is 12.1 Å². The molecule has 0 saturated carbocycles. The van der Waals surface area contributed by atoms with E-state index < -0.39 is 0 Å². The molecule has 0 unspecified atom stereocenters. The molecule has 0 aliphatic carbocycles. The van der Waals surface area contributed by atoms with Crippen LogP contribution in [0, 0.1) is 6.92 Å². The maximum atomic E-state index is 11.7. The Bertz CT molecular complexity index is 772. The molecule has 0 bridgehead atoms. The first-order valence-electron chi connectivity index (χ1n) is 8.10. The van der Waals surface area contributed by atoms with E-state index in [0.717, 1.165) is 48.8 Å². The Balaban J connectivity index is 1.74. The van der Waals surface area contributed by atoms with Crippen molar-refractivity contribution in [1.29, 1.82) is 0 Å². The highest BCUT2D eigenvalue weighted by Crippen LogP contribution is 2.33. The quantitative estimate of drug-likeness (QED) is 0.910. The number of hydrogen-bond donors (Lipinski definition) is 1. The topological polar surface area (TPSA) is 67.5 Å². The molecule has 6 nitrogen and oxygen atoms in total. The summed E-state index contributed by atoms with van der Waals surface area (Å²) in [5, 5.41) is 0. The van der Waals surface area contributed by atoms with E-state index in [-0.39, 0.29) is 5.56 Å². The lowest BCUT2D eigenvalue weighted by Crippen LogP contribution is -2.21. The van der Waals surface area contributed by atoms with E-state index in [1.165, 1.54) is 0 Å². The van der Waals surface area contributed by atoms with E-state index in [0.29, 0.717) is 11.7 Å². The molecule has 0 radical (unpaired) electrons. The van der Waals surface area contributed by atoms with Crippen LogP contribution in [0.1, 0.15) is 29.4 Å². The van der Waals surface area contributed by atoms with Gasteiger partial charge in [0.15, 0.2) is 11.5 Å². The predicted octanol–water partition coefficient (Wildman–Crippen LogP) is 2.09. The summed E-state index contributed by atoms with van der Waals surface area (Å²) in [5.41, 5.74) is 1.91. The van der Waals surface area contributed by atoms with Crippen LogP contribution in [0.5, 0.6) is 11.5 Å². The molecule has 2 heterocycles.